The fraction of sp³-hybridized carbons (Fsp3) is 0.267. The molecule has 8 heteroatoms. The predicted molar refractivity (Wildman–Crippen MR) is 79.0 cm³/mol. The molecule has 2 nitrogen and oxygen atoms in total. The molecule has 2 atom stereocenters. The molecule has 124 valence electrons. The van der Waals surface area contributed by atoms with Crippen molar-refractivity contribution in [2.75, 3.05) is 0 Å². The molecule has 0 fully saturated rings. The highest BCUT2D eigenvalue weighted by Crippen LogP contribution is 2.49. The first-order chi connectivity index (χ1) is 10.6. The molecule has 0 bridgehead atoms. The first-order valence-corrected chi connectivity index (χ1v) is 7.19. The second-order valence-electron chi connectivity index (χ2n) is 5.02. The average molecular weight is 368 g/mol. The van der Waals surface area contributed by atoms with Gasteiger partial charge in [-0.05, 0) is 35.4 Å². The molecular formula is C15H11Cl2F4NO. The molecule has 2 aromatic rings. The number of hydrogen-bond donors (Lipinski definition) is 1. The van der Waals surface area contributed by atoms with Crippen molar-refractivity contribution >= 4 is 23.2 Å². The summed E-state index contributed by atoms with van der Waals surface area (Å²) in [6.07, 6.45) is -3.96. The predicted octanol–water partition coefficient (Wildman–Crippen LogP) is 5.08. The number of benzene rings is 1. The molecule has 1 heterocycles. The molecule has 1 N–H and O–H groups in total. The highest BCUT2D eigenvalue weighted by Gasteiger charge is 2.59. The van der Waals surface area contributed by atoms with Crippen LogP contribution >= 0.6 is 23.2 Å². The van der Waals surface area contributed by atoms with Crippen molar-refractivity contribution < 1.29 is 22.7 Å². The van der Waals surface area contributed by atoms with Gasteiger partial charge in [0.05, 0.1) is 0 Å². The van der Waals surface area contributed by atoms with E-state index < -0.39 is 29.1 Å². The second-order valence-corrected chi connectivity index (χ2v) is 5.81. The highest BCUT2D eigenvalue weighted by molar-refractivity contribution is 6.31. The lowest BCUT2D eigenvalue weighted by Gasteiger charge is -2.37. The van der Waals surface area contributed by atoms with Gasteiger partial charge in [0.1, 0.15) is 11.0 Å². The van der Waals surface area contributed by atoms with E-state index in [4.69, 9.17) is 23.2 Å². The summed E-state index contributed by atoms with van der Waals surface area (Å²) in [4.78, 5) is 3.61. The smallest absolute Gasteiger partial charge is 0.376 e. The van der Waals surface area contributed by atoms with Gasteiger partial charge in [0.2, 0.25) is 0 Å². The van der Waals surface area contributed by atoms with E-state index in [9.17, 15) is 22.7 Å². The minimum atomic E-state index is -5.02. The van der Waals surface area contributed by atoms with Gasteiger partial charge in [-0.1, -0.05) is 36.2 Å². The number of hydrogen-bond acceptors (Lipinski definition) is 2. The molecule has 0 radical (unpaired) electrons. The van der Waals surface area contributed by atoms with E-state index >= 15 is 0 Å². The van der Waals surface area contributed by atoms with Gasteiger partial charge in [0.25, 0.3) is 0 Å². The zero-order chi connectivity index (χ0) is 17.4. The standard InChI is InChI=1S/C15H11Cl2F4NO/c1-8(11-3-2-10(18)7-12(11)16)14(23,15(19,20)21)9-4-5-22-13(17)6-9/h2-8,23H,1H3. The largest absolute Gasteiger partial charge is 0.422 e. The lowest BCUT2D eigenvalue weighted by Crippen LogP contribution is -2.46. The highest BCUT2D eigenvalue weighted by atomic mass is 35.5. The van der Waals surface area contributed by atoms with Gasteiger partial charge in [0, 0.05) is 17.1 Å². The van der Waals surface area contributed by atoms with Crippen LogP contribution in [0.5, 0.6) is 0 Å². The summed E-state index contributed by atoms with van der Waals surface area (Å²) < 4.78 is 54.0. The number of alkyl halides is 3. The zero-order valence-electron chi connectivity index (χ0n) is 11.7. The Hall–Kier alpha value is -1.37. The number of aliphatic hydroxyl groups is 1. The normalized spacial score (nSPS) is 16.0. The van der Waals surface area contributed by atoms with Gasteiger partial charge in [0.15, 0.2) is 5.60 Å². The minimum absolute atomic E-state index is 0.0409. The Kier molecular flexibility index (Phi) is 4.89. The Morgan fingerprint density at radius 1 is 1.13 bits per heavy atom. The topological polar surface area (TPSA) is 33.1 Å². The van der Waals surface area contributed by atoms with Crippen LogP contribution < -0.4 is 0 Å². The lowest BCUT2D eigenvalue weighted by molar-refractivity contribution is -0.274. The number of halogens is 6. The van der Waals surface area contributed by atoms with E-state index in [-0.39, 0.29) is 15.7 Å². The first kappa shape index (κ1) is 18.0. The maximum absolute atomic E-state index is 13.6. The van der Waals surface area contributed by atoms with Crippen molar-refractivity contribution in [3.63, 3.8) is 0 Å². The van der Waals surface area contributed by atoms with Crippen LogP contribution in [0.15, 0.2) is 36.5 Å². The summed E-state index contributed by atoms with van der Waals surface area (Å²) in [6.45, 7) is 1.15. The molecule has 0 aliphatic rings. The maximum atomic E-state index is 13.6. The van der Waals surface area contributed by atoms with Gasteiger partial charge in [-0.15, -0.1) is 0 Å². The summed E-state index contributed by atoms with van der Waals surface area (Å²) >= 11 is 11.5. The molecule has 2 unspecified atom stereocenters. The van der Waals surface area contributed by atoms with Crippen molar-refractivity contribution in [2.45, 2.75) is 24.6 Å². The fourth-order valence-corrected chi connectivity index (χ4v) is 2.88. The van der Waals surface area contributed by atoms with Gasteiger partial charge < -0.3 is 5.11 Å². The summed E-state index contributed by atoms with van der Waals surface area (Å²) in [5.74, 6) is -2.19. The Bertz CT molecular complexity index is 723. The van der Waals surface area contributed by atoms with E-state index in [0.29, 0.717) is 0 Å². The third-order valence-corrected chi connectivity index (χ3v) is 4.19. The van der Waals surface area contributed by atoms with Crippen LogP contribution in [-0.2, 0) is 5.60 Å². The molecule has 1 aromatic heterocycles. The summed E-state index contributed by atoms with van der Waals surface area (Å²) in [7, 11) is 0. The van der Waals surface area contributed by atoms with Crippen LogP contribution in [-0.4, -0.2) is 16.3 Å². The quantitative estimate of drug-likeness (QED) is 0.605. The van der Waals surface area contributed by atoms with E-state index in [1.165, 1.54) is 0 Å². The molecule has 2 rings (SSSR count). The molecule has 0 aliphatic carbocycles. The van der Waals surface area contributed by atoms with Crippen molar-refractivity contribution in [2.24, 2.45) is 0 Å². The number of rotatable bonds is 3. The molecule has 0 saturated carbocycles. The fourth-order valence-electron chi connectivity index (χ4n) is 2.38. The van der Waals surface area contributed by atoms with E-state index in [2.05, 4.69) is 4.98 Å². The van der Waals surface area contributed by atoms with Crippen molar-refractivity contribution in [1.82, 2.24) is 4.98 Å². The number of aromatic nitrogens is 1. The van der Waals surface area contributed by atoms with Crippen molar-refractivity contribution in [1.29, 1.82) is 0 Å². The zero-order valence-corrected chi connectivity index (χ0v) is 13.2. The molecule has 0 aliphatic heterocycles. The monoisotopic (exact) mass is 367 g/mol. The molecule has 1 aromatic carbocycles. The first-order valence-electron chi connectivity index (χ1n) is 6.43. The van der Waals surface area contributed by atoms with Crippen LogP contribution in [0.25, 0.3) is 0 Å². The maximum Gasteiger partial charge on any atom is 0.422 e. The molecule has 0 amide bonds. The van der Waals surface area contributed by atoms with E-state index in [1.54, 1.807) is 0 Å². The molecule has 0 saturated heterocycles. The van der Waals surface area contributed by atoms with Crippen LogP contribution in [0.2, 0.25) is 10.2 Å². The Morgan fingerprint density at radius 3 is 2.30 bits per heavy atom. The van der Waals surface area contributed by atoms with Crippen molar-refractivity contribution in [3.8, 4) is 0 Å². The Labute approximate surface area is 139 Å². The molecule has 23 heavy (non-hydrogen) atoms. The Morgan fingerprint density at radius 2 is 1.78 bits per heavy atom. The third-order valence-electron chi connectivity index (χ3n) is 3.65. The van der Waals surface area contributed by atoms with Crippen LogP contribution in [0.3, 0.4) is 0 Å². The van der Waals surface area contributed by atoms with Crippen molar-refractivity contribution in [3.05, 3.63) is 63.6 Å². The second kappa shape index (κ2) is 6.26. The third kappa shape index (κ3) is 3.29. The van der Waals surface area contributed by atoms with Gasteiger partial charge in [-0.2, -0.15) is 13.2 Å². The summed E-state index contributed by atoms with van der Waals surface area (Å²) in [5.41, 5.74) is -3.78. The van der Waals surface area contributed by atoms with Gasteiger partial charge in [-0.25, -0.2) is 9.37 Å². The Balaban J connectivity index is 2.63. The summed E-state index contributed by atoms with van der Waals surface area (Å²) in [5, 5.41) is 10.1. The van der Waals surface area contributed by atoms with Gasteiger partial charge >= 0.3 is 6.18 Å². The average Bonchev–Trinajstić information content (AvgIpc) is 2.44. The van der Waals surface area contributed by atoms with Crippen LogP contribution in [0, 0.1) is 5.82 Å². The van der Waals surface area contributed by atoms with Crippen LogP contribution in [0.1, 0.15) is 24.0 Å². The SMILES string of the molecule is CC(c1ccc(F)cc1Cl)C(O)(c1ccnc(Cl)c1)C(F)(F)F. The van der Waals surface area contributed by atoms with Gasteiger partial charge in [-0.3, -0.25) is 0 Å². The van der Waals surface area contributed by atoms with E-state index in [0.717, 1.165) is 43.5 Å². The minimum Gasteiger partial charge on any atom is -0.376 e. The van der Waals surface area contributed by atoms with Crippen LogP contribution in [0.4, 0.5) is 17.6 Å². The number of pyridine rings is 1. The molecule has 0 spiro atoms. The summed E-state index contributed by atoms with van der Waals surface area (Å²) in [6, 6.07) is 4.94. The lowest BCUT2D eigenvalue weighted by atomic mass is 9.78. The molecular weight excluding hydrogens is 357 g/mol. The number of nitrogens with zero attached hydrogens (tertiary/aromatic N) is 1. The van der Waals surface area contributed by atoms with E-state index in [1.807, 2.05) is 0 Å².